The first-order chi connectivity index (χ1) is 26.6. The normalized spacial score (nSPS) is 23.4. The molecule has 7 atom stereocenters. The zero-order valence-corrected chi connectivity index (χ0v) is 34.4. The highest BCUT2D eigenvalue weighted by Crippen LogP contribution is 2.61. The van der Waals surface area contributed by atoms with Crippen molar-refractivity contribution in [1.29, 1.82) is 0 Å². The number of thioether (sulfide) groups is 1. The van der Waals surface area contributed by atoms with Gasteiger partial charge in [0.1, 0.15) is 36.3 Å². The fraction of sp³-hybridized carbons (Fsp3) is 0.724. The topological polar surface area (TPSA) is 364 Å². The summed E-state index contributed by atoms with van der Waals surface area (Å²) >= 11 is 1.16. The van der Waals surface area contributed by atoms with Crippen LogP contribution in [0.3, 0.4) is 0 Å². The Morgan fingerprint density at radius 2 is 1.72 bits per heavy atom. The molecule has 1 saturated heterocycles. The van der Waals surface area contributed by atoms with Gasteiger partial charge in [0.2, 0.25) is 11.8 Å². The quantitative estimate of drug-likeness (QED) is 0.0613. The Kier molecular flexibility index (Phi) is 16.8. The van der Waals surface area contributed by atoms with E-state index < -0.39 is 84.6 Å². The first-order valence-electron chi connectivity index (χ1n) is 17.6. The Balaban J connectivity index is 1.21. The molecule has 10 N–H and O–H groups in total. The predicted molar refractivity (Wildman–Crippen MR) is 198 cm³/mol. The first kappa shape index (κ1) is 47.2. The highest BCUT2D eigenvalue weighted by Gasteiger charge is 2.50. The molecule has 0 radical (unpaired) electrons. The van der Waals surface area contributed by atoms with Crippen LogP contribution in [0.1, 0.15) is 65.0 Å². The van der Waals surface area contributed by atoms with E-state index in [9.17, 15) is 57.9 Å². The summed E-state index contributed by atoms with van der Waals surface area (Å²) in [6.45, 7) is 0.584. The molecule has 1 saturated carbocycles. The Bertz CT molecular complexity index is 1860. The van der Waals surface area contributed by atoms with Gasteiger partial charge in [0, 0.05) is 37.1 Å². The van der Waals surface area contributed by atoms with E-state index in [0.29, 0.717) is 18.1 Å². The van der Waals surface area contributed by atoms with Crippen molar-refractivity contribution in [3.05, 3.63) is 12.7 Å². The summed E-state index contributed by atoms with van der Waals surface area (Å²) in [6, 6.07) is 0. The van der Waals surface area contributed by atoms with Gasteiger partial charge >= 0.3 is 23.5 Å². The van der Waals surface area contributed by atoms with Crippen LogP contribution in [-0.2, 0) is 50.7 Å². The van der Waals surface area contributed by atoms with E-state index in [4.69, 9.17) is 19.5 Å². The second kappa shape index (κ2) is 20.2. The van der Waals surface area contributed by atoms with Crippen molar-refractivity contribution in [3.8, 4) is 0 Å². The van der Waals surface area contributed by atoms with Gasteiger partial charge in [-0.25, -0.2) is 28.6 Å². The standard InChI is InChI=1S/C29H48N7O17P3S/c1-29(2,24(40)27(41)32-9-8-19(37)31-10-11-57-20(38)12-17-6-4-3-5-7-17)14-50-56(47,48)53-55(45,46)49-13-18-23(52-54(42,43)44)22(39)28(51-18)36-16-35-21-25(30)33-15-34-26(21)36/h15-18,22-24,28,39-40H,3-14H2,1-2H3,(H,31,37)(H,32,41)(H,45,46)(H,47,48)(H2,30,33,34)(H2,42,43,44)/t18-,22-,23-,24+,28-/m1/s1. The summed E-state index contributed by atoms with van der Waals surface area (Å²) in [5.74, 6) is -0.587. The number of phosphoric ester groups is 3. The van der Waals surface area contributed by atoms with E-state index in [-0.39, 0.29) is 41.6 Å². The van der Waals surface area contributed by atoms with Gasteiger partial charge < -0.3 is 50.9 Å². The third kappa shape index (κ3) is 14.4. The van der Waals surface area contributed by atoms with Crippen LogP contribution in [0, 0.1) is 11.3 Å². The number of nitrogens with two attached hydrogens (primary N) is 1. The number of hydrogen-bond donors (Lipinski definition) is 9. The molecule has 28 heteroatoms. The van der Waals surface area contributed by atoms with Crippen LogP contribution < -0.4 is 16.4 Å². The number of nitrogens with zero attached hydrogens (tertiary/aromatic N) is 4. The highest BCUT2D eigenvalue weighted by molar-refractivity contribution is 8.13. The van der Waals surface area contributed by atoms with Gasteiger partial charge in [-0.15, -0.1) is 0 Å². The molecule has 322 valence electrons. The number of anilines is 1. The third-order valence-corrected chi connectivity index (χ3v) is 12.9. The number of aliphatic hydroxyl groups is 2. The van der Waals surface area contributed by atoms with Crippen LogP contribution >= 0.6 is 35.2 Å². The predicted octanol–water partition coefficient (Wildman–Crippen LogP) is 0.635. The number of phosphoric acid groups is 3. The Labute approximate surface area is 330 Å². The molecule has 2 aromatic rings. The zero-order chi connectivity index (χ0) is 42.2. The number of hydrogen-bond acceptors (Lipinski definition) is 18. The third-order valence-electron chi connectivity index (χ3n) is 8.94. The lowest BCUT2D eigenvalue weighted by atomic mass is 9.87. The molecule has 2 fully saturated rings. The lowest BCUT2D eigenvalue weighted by Gasteiger charge is -2.30. The van der Waals surface area contributed by atoms with Crippen molar-refractivity contribution < 1.29 is 80.5 Å². The summed E-state index contributed by atoms with van der Waals surface area (Å²) in [6.07, 6.45) is -0.721. The number of imidazole rings is 1. The van der Waals surface area contributed by atoms with E-state index in [1.807, 2.05) is 0 Å². The molecule has 2 amide bonds. The minimum atomic E-state index is -5.57. The average molecular weight is 892 g/mol. The molecule has 1 aliphatic heterocycles. The number of amides is 2. The molecule has 0 bridgehead atoms. The molecule has 57 heavy (non-hydrogen) atoms. The minimum Gasteiger partial charge on any atom is -0.386 e. The van der Waals surface area contributed by atoms with Crippen molar-refractivity contribution >= 4 is 69.1 Å². The van der Waals surface area contributed by atoms with Crippen LogP contribution in [0.25, 0.3) is 11.2 Å². The zero-order valence-electron chi connectivity index (χ0n) is 30.9. The van der Waals surface area contributed by atoms with E-state index >= 15 is 0 Å². The maximum absolute atomic E-state index is 12.7. The largest absolute Gasteiger partial charge is 0.481 e. The number of aliphatic hydroxyl groups excluding tert-OH is 2. The maximum Gasteiger partial charge on any atom is 0.481 e. The summed E-state index contributed by atoms with van der Waals surface area (Å²) in [5.41, 5.74) is 4.28. The number of nitrogen functional groups attached to an aromatic ring is 1. The molecule has 24 nitrogen and oxygen atoms in total. The number of aromatic nitrogens is 4. The average Bonchev–Trinajstić information content (AvgIpc) is 3.68. The van der Waals surface area contributed by atoms with Crippen LogP contribution in [0.4, 0.5) is 5.82 Å². The number of nitrogens with one attached hydrogen (secondary N) is 2. The number of carbonyl (C=O) groups is 3. The molecule has 0 spiro atoms. The SMILES string of the molecule is CC(C)(COP(=O)(O)OP(=O)(O)OC[C@H]1O[C@@H](n2cnc3c(N)ncnc32)[C@H](O)[C@@H]1OP(=O)(O)O)[C@@H](O)C(=O)NCCC(=O)NCCSC(=O)CC1CCCCC1. The fourth-order valence-electron chi connectivity index (χ4n) is 5.98. The molecule has 0 aromatic carbocycles. The molecular formula is C29H48N7O17P3S. The van der Waals surface area contributed by atoms with Gasteiger partial charge in [-0.2, -0.15) is 4.31 Å². The van der Waals surface area contributed by atoms with Gasteiger partial charge in [0.05, 0.1) is 19.5 Å². The van der Waals surface area contributed by atoms with E-state index in [2.05, 4.69) is 34.4 Å². The van der Waals surface area contributed by atoms with Crippen molar-refractivity contribution in [1.82, 2.24) is 30.2 Å². The molecule has 2 aromatic heterocycles. The Morgan fingerprint density at radius 3 is 2.40 bits per heavy atom. The molecule has 3 heterocycles. The number of carbonyl (C=O) groups excluding carboxylic acids is 3. The Hall–Kier alpha value is -2.44. The van der Waals surface area contributed by atoms with Crippen LogP contribution in [-0.4, -0.2) is 123 Å². The van der Waals surface area contributed by atoms with E-state index in [1.165, 1.54) is 20.3 Å². The summed E-state index contributed by atoms with van der Waals surface area (Å²) < 4.78 is 62.2. The van der Waals surface area contributed by atoms with E-state index in [0.717, 1.165) is 54.7 Å². The number of ether oxygens (including phenoxy) is 1. The van der Waals surface area contributed by atoms with Crippen LogP contribution in [0.15, 0.2) is 12.7 Å². The molecule has 1 aliphatic carbocycles. The van der Waals surface area contributed by atoms with Crippen LogP contribution in [0.5, 0.6) is 0 Å². The minimum absolute atomic E-state index is 0.0334. The summed E-state index contributed by atoms with van der Waals surface area (Å²) in [7, 11) is -16.4. The van der Waals surface area contributed by atoms with Gasteiger partial charge in [-0.05, 0) is 18.8 Å². The van der Waals surface area contributed by atoms with Gasteiger partial charge in [0.25, 0.3) is 0 Å². The van der Waals surface area contributed by atoms with Crippen LogP contribution in [0.2, 0.25) is 0 Å². The highest BCUT2D eigenvalue weighted by atomic mass is 32.2. The molecule has 2 unspecified atom stereocenters. The lowest BCUT2D eigenvalue weighted by molar-refractivity contribution is -0.137. The number of fused-ring (bicyclic) bond motifs is 1. The Morgan fingerprint density at radius 1 is 1.04 bits per heavy atom. The van der Waals surface area contributed by atoms with E-state index in [1.54, 1.807) is 0 Å². The smallest absolute Gasteiger partial charge is 0.386 e. The monoisotopic (exact) mass is 891 g/mol. The van der Waals surface area contributed by atoms with Crippen molar-refractivity contribution in [2.24, 2.45) is 11.3 Å². The lowest BCUT2D eigenvalue weighted by Crippen LogP contribution is -2.46. The molecule has 4 rings (SSSR count). The first-order valence-corrected chi connectivity index (χ1v) is 23.1. The summed E-state index contributed by atoms with van der Waals surface area (Å²) in [4.78, 5) is 87.9. The van der Waals surface area contributed by atoms with Crippen molar-refractivity contribution in [2.45, 2.75) is 89.4 Å². The van der Waals surface area contributed by atoms with Gasteiger partial charge in [-0.1, -0.05) is 44.9 Å². The van der Waals surface area contributed by atoms with Gasteiger partial charge in [-0.3, -0.25) is 32.5 Å². The van der Waals surface area contributed by atoms with Gasteiger partial charge in [0.15, 0.2) is 22.8 Å². The van der Waals surface area contributed by atoms with Crippen molar-refractivity contribution in [3.63, 3.8) is 0 Å². The van der Waals surface area contributed by atoms with Crippen molar-refractivity contribution in [2.75, 3.05) is 37.8 Å². The fourth-order valence-corrected chi connectivity index (χ4v) is 9.60. The second-order valence-corrected chi connectivity index (χ2v) is 19.4. The molecule has 2 aliphatic rings. The molecular weight excluding hydrogens is 843 g/mol. The summed E-state index contributed by atoms with van der Waals surface area (Å²) in [5, 5.41) is 26.6. The maximum atomic E-state index is 12.7. The second-order valence-electron chi connectivity index (χ2n) is 14.0. The number of rotatable bonds is 21.